The lowest BCUT2D eigenvalue weighted by Crippen LogP contribution is -2.52. The zero-order valence-corrected chi connectivity index (χ0v) is 14.1. The molecular weight excluding hydrogens is 294 g/mol. The number of carbonyl (C=O) groups excluding carboxylic acids is 1. The van der Waals surface area contributed by atoms with E-state index in [1.807, 2.05) is 25.7 Å². The van der Waals surface area contributed by atoms with E-state index in [-0.39, 0.29) is 17.5 Å². The van der Waals surface area contributed by atoms with Crippen LogP contribution >= 0.6 is 0 Å². The normalized spacial score (nSPS) is 18.6. The molecule has 2 N–H and O–H groups in total. The molecule has 0 spiro atoms. The molecule has 0 radical (unpaired) electrons. The number of amides is 1. The molecule has 1 aliphatic heterocycles. The lowest BCUT2D eigenvalue weighted by Gasteiger charge is -2.34. The summed E-state index contributed by atoms with van der Waals surface area (Å²) in [4.78, 5) is 31.2. The van der Waals surface area contributed by atoms with Crippen molar-refractivity contribution < 1.29 is 4.79 Å². The molecule has 1 fully saturated rings. The number of aromatic nitrogens is 3. The average Bonchev–Trinajstić information content (AvgIpc) is 2.78. The van der Waals surface area contributed by atoms with Crippen LogP contribution in [0.2, 0.25) is 0 Å². The quantitative estimate of drug-likeness (QED) is 0.831. The van der Waals surface area contributed by atoms with Gasteiger partial charge in [0.05, 0.1) is 11.8 Å². The predicted molar refractivity (Wildman–Crippen MR) is 88.6 cm³/mol. The van der Waals surface area contributed by atoms with Crippen molar-refractivity contribution in [3.63, 3.8) is 0 Å². The van der Waals surface area contributed by atoms with Crippen LogP contribution in [-0.2, 0) is 18.3 Å². The van der Waals surface area contributed by atoms with Crippen molar-refractivity contribution in [2.45, 2.75) is 33.2 Å². The second kappa shape index (κ2) is 5.81. The standard InChI is InChI=1S/C16H23N5O2/c1-9-8-17-5-6-21(9)13(22)7-12-10(2)14-15(18-11(12)3)20(4)19-16(14)23/h9,17H,5-8H2,1-4H3,(H,19,23)/t9-/m0/s1. The Morgan fingerprint density at radius 2 is 2.13 bits per heavy atom. The predicted octanol–water partition coefficient (Wildman–Crippen LogP) is 0.241. The first-order valence-corrected chi connectivity index (χ1v) is 7.95. The zero-order chi connectivity index (χ0) is 16.7. The highest BCUT2D eigenvalue weighted by Gasteiger charge is 2.25. The highest BCUT2D eigenvalue weighted by Crippen LogP contribution is 2.21. The first-order chi connectivity index (χ1) is 10.9. The van der Waals surface area contributed by atoms with Gasteiger partial charge in [0.15, 0.2) is 5.65 Å². The maximum Gasteiger partial charge on any atom is 0.273 e. The average molecular weight is 317 g/mol. The zero-order valence-electron chi connectivity index (χ0n) is 14.1. The number of aryl methyl sites for hydroxylation is 3. The van der Waals surface area contributed by atoms with Crippen LogP contribution in [0.4, 0.5) is 0 Å². The summed E-state index contributed by atoms with van der Waals surface area (Å²) in [7, 11) is 1.77. The van der Waals surface area contributed by atoms with Gasteiger partial charge in [-0.1, -0.05) is 0 Å². The van der Waals surface area contributed by atoms with E-state index in [2.05, 4.69) is 15.4 Å². The van der Waals surface area contributed by atoms with E-state index in [0.717, 1.165) is 36.5 Å². The van der Waals surface area contributed by atoms with Crippen molar-refractivity contribution in [3.8, 4) is 0 Å². The Morgan fingerprint density at radius 3 is 2.83 bits per heavy atom. The molecule has 7 nitrogen and oxygen atoms in total. The van der Waals surface area contributed by atoms with Crippen molar-refractivity contribution in [1.82, 2.24) is 25.0 Å². The third-order valence-electron chi connectivity index (χ3n) is 4.73. The van der Waals surface area contributed by atoms with E-state index in [9.17, 15) is 9.59 Å². The fourth-order valence-electron chi connectivity index (χ4n) is 3.37. The Labute approximate surface area is 134 Å². The minimum atomic E-state index is -0.156. The fourth-order valence-corrected chi connectivity index (χ4v) is 3.37. The van der Waals surface area contributed by atoms with Gasteiger partial charge in [-0.3, -0.25) is 19.4 Å². The van der Waals surface area contributed by atoms with Crippen molar-refractivity contribution in [3.05, 3.63) is 27.2 Å². The van der Waals surface area contributed by atoms with E-state index >= 15 is 0 Å². The maximum atomic E-state index is 12.7. The summed E-state index contributed by atoms with van der Waals surface area (Å²) in [5.74, 6) is 0.0960. The number of carbonyl (C=O) groups is 1. The smallest absolute Gasteiger partial charge is 0.273 e. The van der Waals surface area contributed by atoms with E-state index in [1.54, 1.807) is 11.7 Å². The molecule has 7 heteroatoms. The number of H-pyrrole nitrogens is 1. The number of nitrogens with one attached hydrogen (secondary N) is 2. The molecule has 23 heavy (non-hydrogen) atoms. The van der Waals surface area contributed by atoms with E-state index in [4.69, 9.17) is 0 Å². The second-order valence-corrected chi connectivity index (χ2v) is 6.32. The lowest BCUT2D eigenvalue weighted by molar-refractivity contribution is -0.133. The molecule has 1 aliphatic rings. The van der Waals surface area contributed by atoms with Gasteiger partial charge >= 0.3 is 0 Å². The summed E-state index contributed by atoms with van der Waals surface area (Å²) in [6, 6.07) is 0.189. The summed E-state index contributed by atoms with van der Waals surface area (Å²) in [6.07, 6.45) is 0.291. The second-order valence-electron chi connectivity index (χ2n) is 6.32. The Hall–Kier alpha value is -2.15. The van der Waals surface area contributed by atoms with Gasteiger partial charge in [-0.05, 0) is 31.9 Å². The van der Waals surface area contributed by atoms with Crippen LogP contribution in [-0.4, -0.2) is 51.2 Å². The van der Waals surface area contributed by atoms with Crippen molar-refractivity contribution >= 4 is 16.9 Å². The van der Waals surface area contributed by atoms with Gasteiger partial charge in [0.1, 0.15) is 0 Å². The number of piperazine rings is 1. The third kappa shape index (κ3) is 2.65. The van der Waals surface area contributed by atoms with E-state index in [0.29, 0.717) is 17.5 Å². The molecule has 0 unspecified atom stereocenters. The summed E-state index contributed by atoms with van der Waals surface area (Å²) in [5, 5.41) is 6.59. The SMILES string of the molecule is Cc1nc2c(c(C)c1CC(=O)N1CCNC[C@@H]1C)c(=O)[nH]n2C. The van der Waals surface area contributed by atoms with Crippen LogP contribution in [0, 0.1) is 13.8 Å². The van der Waals surface area contributed by atoms with Crippen LogP contribution in [0.25, 0.3) is 11.0 Å². The van der Waals surface area contributed by atoms with Gasteiger partial charge in [-0.25, -0.2) is 4.98 Å². The first-order valence-electron chi connectivity index (χ1n) is 7.95. The molecule has 2 aromatic rings. The van der Waals surface area contributed by atoms with Crippen LogP contribution in [0.3, 0.4) is 0 Å². The van der Waals surface area contributed by atoms with Gasteiger partial charge in [-0.15, -0.1) is 0 Å². The van der Waals surface area contributed by atoms with Crippen molar-refractivity contribution in [2.75, 3.05) is 19.6 Å². The Balaban J connectivity index is 1.98. The summed E-state index contributed by atoms with van der Waals surface area (Å²) in [5.41, 5.74) is 3.00. The van der Waals surface area contributed by atoms with Gasteiger partial charge in [-0.2, -0.15) is 0 Å². The van der Waals surface area contributed by atoms with Gasteiger partial charge in [0.25, 0.3) is 5.56 Å². The highest BCUT2D eigenvalue weighted by molar-refractivity contribution is 5.85. The molecule has 2 aromatic heterocycles. The van der Waals surface area contributed by atoms with Gasteiger partial charge in [0.2, 0.25) is 5.91 Å². The number of hydrogen-bond acceptors (Lipinski definition) is 4. The molecule has 3 heterocycles. The third-order valence-corrected chi connectivity index (χ3v) is 4.73. The molecular formula is C16H23N5O2. The summed E-state index contributed by atoms with van der Waals surface area (Å²) in [6.45, 7) is 8.21. The Morgan fingerprint density at radius 1 is 1.39 bits per heavy atom. The number of aromatic amines is 1. The van der Waals surface area contributed by atoms with Crippen LogP contribution in [0.15, 0.2) is 4.79 Å². The number of pyridine rings is 1. The molecule has 124 valence electrons. The number of rotatable bonds is 2. The fraction of sp³-hybridized carbons (Fsp3) is 0.562. The largest absolute Gasteiger partial charge is 0.337 e. The van der Waals surface area contributed by atoms with Gasteiger partial charge in [0, 0.05) is 38.4 Å². The van der Waals surface area contributed by atoms with Gasteiger partial charge < -0.3 is 10.2 Å². The topological polar surface area (TPSA) is 83.0 Å². The van der Waals surface area contributed by atoms with Crippen molar-refractivity contribution in [1.29, 1.82) is 0 Å². The van der Waals surface area contributed by atoms with E-state index in [1.165, 1.54) is 0 Å². The Bertz CT molecular complexity index is 820. The highest BCUT2D eigenvalue weighted by atomic mass is 16.2. The van der Waals surface area contributed by atoms with Crippen LogP contribution in [0.1, 0.15) is 23.7 Å². The molecule has 3 rings (SSSR count). The molecule has 1 saturated heterocycles. The summed E-state index contributed by atoms with van der Waals surface area (Å²) >= 11 is 0. The number of hydrogen-bond donors (Lipinski definition) is 2. The minimum Gasteiger partial charge on any atom is -0.337 e. The lowest BCUT2D eigenvalue weighted by atomic mass is 10.0. The monoisotopic (exact) mass is 317 g/mol. The molecule has 0 saturated carbocycles. The Kier molecular flexibility index (Phi) is 3.97. The molecule has 0 aliphatic carbocycles. The van der Waals surface area contributed by atoms with Crippen LogP contribution in [0.5, 0.6) is 0 Å². The number of fused-ring (bicyclic) bond motifs is 1. The first kappa shape index (κ1) is 15.7. The summed E-state index contributed by atoms with van der Waals surface area (Å²) < 4.78 is 1.63. The van der Waals surface area contributed by atoms with Crippen LogP contribution < -0.4 is 10.9 Å². The molecule has 1 amide bonds. The van der Waals surface area contributed by atoms with Crippen molar-refractivity contribution in [2.24, 2.45) is 7.05 Å². The molecule has 1 atom stereocenters. The molecule has 0 bridgehead atoms. The molecule has 0 aromatic carbocycles. The maximum absolute atomic E-state index is 12.7. The van der Waals surface area contributed by atoms with E-state index < -0.39 is 0 Å². The minimum absolute atomic E-state index is 0.0960. The number of nitrogens with zero attached hydrogens (tertiary/aromatic N) is 3.